The van der Waals surface area contributed by atoms with Crippen molar-refractivity contribution in [3.05, 3.63) is 86.5 Å². The number of carbonyl (C=O) groups is 1. The number of nitrogens with one attached hydrogen (secondary N) is 1. The number of aromatic hydroxyl groups is 2. The summed E-state index contributed by atoms with van der Waals surface area (Å²) in [5, 5.41) is 28.7. The maximum atomic E-state index is 13.7. The van der Waals surface area contributed by atoms with Crippen molar-refractivity contribution in [2.45, 2.75) is 12.5 Å². The van der Waals surface area contributed by atoms with E-state index in [-0.39, 0.29) is 23.2 Å². The number of methoxy groups -OCH3 is 2. The third-order valence-corrected chi connectivity index (χ3v) is 7.30. The second-order valence-electron chi connectivity index (χ2n) is 8.58. The predicted octanol–water partition coefficient (Wildman–Crippen LogP) is 5.71. The molecule has 0 saturated carbocycles. The zero-order chi connectivity index (χ0) is 26.3. The van der Waals surface area contributed by atoms with Crippen LogP contribution in [0.3, 0.4) is 0 Å². The van der Waals surface area contributed by atoms with Gasteiger partial charge in [-0.2, -0.15) is 5.10 Å². The first-order valence-corrected chi connectivity index (χ1v) is 12.6. The molecule has 5 rings (SSSR count). The third-order valence-electron chi connectivity index (χ3n) is 6.46. The molecule has 1 atom stereocenters. The lowest BCUT2D eigenvalue weighted by Gasteiger charge is -2.27. The van der Waals surface area contributed by atoms with Gasteiger partial charge in [0.25, 0.3) is 5.91 Å². The fourth-order valence-corrected chi connectivity index (χ4v) is 5.26. The van der Waals surface area contributed by atoms with E-state index in [1.165, 1.54) is 13.2 Å². The maximum Gasteiger partial charge on any atom is 0.273 e. The number of amides is 1. The topological polar surface area (TPSA) is 108 Å². The fraction of sp³-hybridized carbons (Fsp3) is 0.185. The molecule has 0 saturated heterocycles. The molecular weight excluding hydrogens is 562 g/mol. The number of rotatable bonds is 7. The van der Waals surface area contributed by atoms with Crippen LogP contribution in [0.4, 0.5) is 0 Å². The predicted molar refractivity (Wildman–Crippen MR) is 143 cm³/mol. The molecule has 0 spiro atoms. The molecule has 1 aliphatic rings. The molecule has 2 heterocycles. The van der Waals surface area contributed by atoms with Crippen LogP contribution in [0.15, 0.2) is 59.1 Å². The summed E-state index contributed by atoms with van der Waals surface area (Å²) in [7, 11) is 3.08. The molecule has 0 bridgehead atoms. The van der Waals surface area contributed by atoms with E-state index in [1.807, 2.05) is 24.3 Å². The Morgan fingerprint density at radius 2 is 1.84 bits per heavy atom. The van der Waals surface area contributed by atoms with Crippen molar-refractivity contribution in [2.24, 2.45) is 0 Å². The molecule has 190 valence electrons. The lowest BCUT2D eigenvalue weighted by atomic mass is 9.95. The maximum absolute atomic E-state index is 13.7. The number of aromatic nitrogens is 2. The van der Waals surface area contributed by atoms with Crippen LogP contribution in [0.2, 0.25) is 5.02 Å². The summed E-state index contributed by atoms with van der Waals surface area (Å²) in [5.74, 6) is 0.742. The number of carbonyl (C=O) groups excluding carboxylic acids is 1. The van der Waals surface area contributed by atoms with Gasteiger partial charge in [0.1, 0.15) is 22.9 Å². The van der Waals surface area contributed by atoms with Gasteiger partial charge in [0.05, 0.1) is 24.7 Å². The van der Waals surface area contributed by atoms with Crippen molar-refractivity contribution < 1.29 is 24.5 Å². The van der Waals surface area contributed by atoms with Gasteiger partial charge in [-0.25, -0.2) is 0 Å². The molecule has 1 amide bonds. The zero-order valence-electron chi connectivity index (χ0n) is 20.0. The standard InChI is InChI=1S/C27H23BrClN3O5/c1-36-17-6-3-14(4-7-17)9-10-32-25(15-11-19(28)26(34)21(12-15)37-2)22-23(30-31-24(22)27(32)35)18-13-16(29)5-8-20(18)33/h3-8,11-13,25,33-34H,9-10H2,1-2H3,(H,30,31). The van der Waals surface area contributed by atoms with Gasteiger partial charge in [0, 0.05) is 22.7 Å². The summed E-state index contributed by atoms with van der Waals surface area (Å²) in [6.07, 6.45) is 0.595. The Kier molecular flexibility index (Phi) is 6.74. The largest absolute Gasteiger partial charge is 0.507 e. The Labute approximate surface area is 226 Å². The minimum atomic E-state index is -0.571. The lowest BCUT2D eigenvalue weighted by molar-refractivity contribution is 0.0745. The van der Waals surface area contributed by atoms with Crippen molar-refractivity contribution in [3.8, 4) is 34.3 Å². The highest BCUT2D eigenvalue weighted by atomic mass is 79.9. The van der Waals surface area contributed by atoms with Crippen molar-refractivity contribution in [1.29, 1.82) is 0 Å². The van der Waals surface area contributed by atoms with Crippen molar-refractivity contribution in [1.82, 2.24) is 15.1 Å². The monoisotopic (exact) mass is 583 g/mol. The third kappa shape index (κ3) is 4.49. The van der Waals surface area contributed by atoms with E-state index in [2.05, 4.69) is 26.1 Å². The SMILES string of the molecule is COc1ccc(CCN2C(=O)c3[nH]nc(-c4cc(Cl)ccc4O)c3C2c2cc(Br)c(O)c(OC)c2)cc1. The van der Waals surface area contributed by atoms with Crippen LogP contribution in [-0.2, 0) is 6.42 Å². The van der Waals surface area contributed by atoms with Crippen LogP contribution >= 0.6 is 27.5 Å². The lowest BCUT2D eigenvalue weighted by Crippen LogP contribution is -2.31. The van der Waals surface area contributed by atoms with Crippen LogP contribution in [-0.4, -0.2) is 52.0 Å². The number of phenols is 2. The summed E-state index contributed by atoms with van der Waals surface area (Å²) in [6.45, 7) is 0.403. The highest BCUT2D eigenvalue weighted by Gasteiger charge is 2.42. The minimum absolute atomic E-state index is 0.00829. The molecule has 1 aliphatic heterocycles. The van der Waals surface area contributed by atoms with Crippen LogP contribution in [0.1, 0.15) is 33.2 Å². The number of nitrogens with zero attached hydrogens (tertiary/aromatic N) is 2. The zero-order valence-corrected chi connectivity index (χ0v) is 22.3. The number of fused-ring (bicyclic) bond motifs is 1. The Morgan fingerprint density at radius 3 is 2.54 bits per heavy atom. The van der Waals surface area contributed by atoms with E-state index in [1.54, 1.807) is 36.3 Å². The van der Waals surface area contributed by atoms with E-state index in [9.17, 15) is 15.0 Å². The number of aromatic amines is 1. The number of benzene rings is 3. The normalized spacial score (nSPS) is 14.6. The Morgan fingerprint density at radius 1 is 1.08 bits per heavy atom. The number of hydrogen-bond acceptors (Lipinski definition) is 6. The number of hydrogen-bond donors (Lipinski definition) is 3. The van der Waals surface area contributed by atoms with Gasteiger partial charge in [-0.15, -0.1) is 0 Å². The molecule has 8 nitrogen and oxygen atoms in total. The molecule has 3 aromatic carbocycles. The van der Waals surface area contributed by atoms with Crippen molar-refractivity contribution >= 4 is 33.4 Å². The van der Waals surface area contributed by atoms with Gasteiger partial charge in [-0.1, -0.05) is 23.7 Å². The van der Waals surface area contributed by atoms with Crippen molar-refractivity contribution in [3.63, 3.8) is 0 Å². The molecule has 1 aromatic heterocycles. The average Bonchev–Trinajstić information content (AvgIpc) is 3.44. The smallest absolute Gasteiger partial charge is 0.273 e. The fourth-order valence-electron chi connectivity index (χ4n) is 4.63. The second-order valence-corrected chi connectivity index (χ2v) is 9.87. The quantitative estimate of drug-likeness (QED) is 0.257. The summed E-state index contributed by atoms with van der Waals surface area (Å²) < 4.78 is 11.1. The molecule has 10 heteroatoms. The number of phenolic OH excluding ortho intramolecular Hbond substituents is 2. The van der Waals surface area contributed by atoms with Gasteiger partial charge in [0.15, 0.2) is 11.5 Å². The first kappa shape index (κ1) is 25.0. The molecule has 0 fully saturated rings. The van der Waals surface area contributed by atoms with Crippen LogP contribution in [0.5, 0.6) is 23.0 Å². The van der Waals surface area contributed by atoms with Gasteiger partial charge in [-0.3, -0.25) is 9.89 Å². The van der Waals surface area contributed by atoms with Crippen molar-refractivity contribution in [2.75, 3.05) is 20.8 Å². The Hall–Kier alpha value is -3.69. The Balaban J connectivity index is 1.62. The summed E-state index contributed by atoms with van der Waals surface area (Å²) in [4.78, 5) is 15.4. The Bertz CT molecular complexity index is 1490. The van der Waals surface area contributed by atoms with Gasteiger partial charge >= 0.3 is 0 Å². The number of ether oxygens (including phenoxy) is 2. The molecule has 0 radical (unpaired) electrons. The molecule has 1 unspecified atom stereocenters. The molecule has 0 aliphatic carbocycles. The van der Waals surface area contributed by atoms with Gasteiger partial charge < -0.3 is 24.6 Å². The van der Waals surface area contributed by atoms with E-state index in [0.29, 0.717) is 50.5 Å². The van der Waals surface area contributed by atoms with Crippen LogP contribution in [0, 0.1) is 0 Å². The molecular formula is C27H23BrClN3O5. The highest BCUT2D eigenvalue weighted by Crippen LogP contribution is 2.47. The second kappa shape index (κ2) is 9.99. The summed E-state index contributed by atoms with van der Waals surface area (Å²) >= 11 is 9.62. The summed E-state index contributed by atoms with van der Waals surface area (Å²) in [5.41, 5.74) is 3.51. The molecule has 4 aromatic rings. The van der Waals surface area contributed by atoms with Crippen LogP contribution in [0.25, 0.3) is 11.3 Å². The molecule has 37 heavy (non-hydrogen) atoms. The summed E-state index contributed by atoms with van der Waals surface area (Å²) in [6, 6.07) is 15.3. The number of halogens is 2. The minimum Gasteiger partial charge on any atom is -0.507 e. The van der Waals surface area contributed by atoms with Gasteiger partial charge in [-0.05, 0) is 75.9 Å². The number of H-pyrrole nitrogens is 1. The van der Waals surface area contributed by atoms with E-state index in [4.69, 9.17) is 21.1 Å². The highest BCUT2D eigenvalue weighted by molar-refractivity contribution is 9.10. The van der Waals surface area contributed by atoms with Gasteiger partial charge in [0.2, 0.25) is 0 Å². The average molecular weight is 585 g/mol. The van der Waals surface area contributed by atoms with E-state index < -0.39 is 6.04 Å². The van der Waals surface area contributed by atoms with E-state index >= 15 is 0 Å². The first-order chi connectivity index (χ1) is 17.8. The van der Waals surface area contributed by atoms with E-state index in [0.717, 1.165) is 11.3 Å². The first-order valence-electron chi connectivity index (χ1n) is 11.4. The molecule has 3 N–H and O–H groups in total. The van der Waals surface area contributed by atoms with Crippen LogP contribution < -0.4 is 9.47 Å².